The predicted octanol–water partition coefficient (Wildman–Crippen LogP) is 2.62. The van der Waals surface area contributed by atoms with Gasteiger partial charge in [0.25, 0.3) is 5.91 Å². The van der Waals surface area contributed by atoms with Crippen LogP contribution in [0.4, 0.5) is 0 Å². The van der Waals surface area contributed by atoms with Gasteiger partial charge in [0.2, 0.25) is 0 Å². The van der Waals surface area contributed by atoms with Crippen LogP contribution in [-0.4, -0.2) is 55.8 Å². The Morgan fingerprint density at radius 3 is 2.64 bits per heavy atom. The van der Waals surface area contributed by atoms with Crippen molar-refractivity contribution in [3.63, 3.8) is 0 Å². The first kappa shape index (κ1) is 18.0. The summed E-state index contributed by atoms with van der Waals surface area (Å²) in [5.74, 6) is 0.693. The summed E-state index contributed by atoms with van der Waals surface area (Å²) in [6, 6.07) is 7.60. The number of nitrogens with one attached hydrogen (secondary N) is 1. The largest absolute Gasteiger partial charge is 0.489 e. The minimum Gasteiger partial charge on any atom is -0.489 e. The van der Waals surface area contributed by atoms with Gasteiger partial charge in [-0.15, -0.1) is 0 Å². The number of amides is 1. The molecule has 1 amide bonds. The molecule has 2 aliphatic heterocycles. The number of ether oxygens (including phenoxy) is 2. The standard InChI is InChI=1S/C20H28N2O3/c1-15(2)12-25-17-8-6-16(7-9-17)20(23)21-18-13-24-14-19(18)22-10-4-3-5-11-22/h6-9,18-19H,1,3-5,10-14H2,2H3,(H,21,23)/t18-,19-/m1/s1. The molecule has 0 spiro atoms. The van der Waals surface area contributed by atoms with Gasteiger partial charge in [0.1, 0.15) is 12.4 Å². The van der Waals surface area contributed by atoms with Gasteiger partial charge in [-0.2, -0.15) is 0 Å². The second-order valence-corrected chi connectivity index (χ2v) is 7.05. The van der Waals surface area contributed by atoms with Crippen LogP contribution in [0.1, 0.15) is 36.5 Å². The molecule has 0 unspecified atom stereocenters. The van der Waals surface area contributed by atoms with Gasteiger partial charge in [-0.25, -0.2) is 0 Å². The molecule has 2 saturated heterocycles. The highest BCUT2D eigenvalue weighted by Crippen LogP contribution is 2.20. The molecule has 2 fully saturated rings. The highest BCUT2D eigenvalue weighted by molar-refractivity contribution is 5.94. The maximum atomic E-state index is 12.6. The van der Waals surface area contributed by atoms with Crippen LogP contribution in [0.3, 0.4) is 0 Å². The summed E-state index contributed by atoms with van der Waals surface area (Å²) in [5.41, 5.74) is 1.61. The molecule has 0 radical (unpaired) electrons. The molecule has 2 heterocycles. The van der Waals surface area contributed by atoms with Crippen LogP contribution in [0, 0.1) is 0 Å². The van der Waals surface area contributed by atoms with Gasteiger partial charge in [0.15, 0.2) is 0 Å². The minimum atomic E-state index is -0.0519. The number of likely N-dealkylation sites (tertiary alicyclic amines) is 1. The second kappa shape index (κ2) is 8.50. The van der Waals surface area contributed by atoms with E-state index >= 15 is 0 Å². The molecule has 0 aromatic heterocycles. The molecular weight excluding hydrogens is 316 g/mol. The number of carbonyl (C=O) groups excluding carboxylic acids is 1. The van der Waals surface area contributed by atoms with Gasteiger partial charge < -0.3 is 14.8 Å². The van der Waals surface area contributed by atoms with Gasteiger partial charge in [-0.3, -0.25) is 9.69 Å². The highest BCUT2D eigenvalue weighted by Gasteiger charge is 2.34. The number of benzene rings is 1. The summed E-state index contributed by atoms with van der Waals surface area (Å²) >= 11 is 0. The first-order valence-electron chi connectivity index (χ1n) is 9.13. The van der Waals surface area contributed by atoms with Crippen molar-refractivity contribution in [2.45, 2.75) is 38.3 Å². The van der Waals surface area contributed by atoms with E-state index in [4.69, 9.17) is 9.47 Å². The van der Waals surface area contributed by atoms with Crippen molar-refractivity contribution in [3.05, 3.63) is 42.0 Å². The Morgan fingerprint density at radius 1 is 1.24 bits per heavy atom. The van der Waals surface area contributed by atoms with Crippen molar-refractivity contribution in [2.75, 3.05) is 32.9 Å². The maximum absolute atomic E-state index is 12.6. The monoisotopic (exact) mass is 344 g/mol. The summed E-state index contributed by atoms with van der Waals surface area (Å²) in [6.07, 6.45) is 3.78. The molecule has 1 aromatic carbocycles. The summed E-state index contributed by atoms with van der Waals surface area (Å²) in [6.45, 7) is 9.73. The number of hydrogen-bond donors (Lipinski definition) is 1. The molecule has 5 heteroatoms. The fourth-order valence-electron chi connectivity index (χ4n) is 3.45. The summed E-state index contributed by atoms with van der Waals surface area (Å²) in [4.78, 5) is 15.0. The summed E-state index contributed by atoms with van der Waals surface area (Å²) in [5, 5.41) is 3.15. The fraction of sp³-hybridized carbons (Fsp3) is 0.550. The second-order valence-electron chi connectivity index (χ2n) is 7.05. The molecule has 3 rings (SSSR count). The van der Waals surface area contributed by atoms with Crippen LogP contribution in [0.5, 0.6) is 5.75 Å². The lowest BCUT2D eigenvalue weighted by atomic mass is 10.0. The predicted molar refractivity (Wildman–Crippen MR) is 98.0 cm³/mol. The lowest BCUT2D eigenvalue weighted by Gasteiger charge is -2.34. The Hall–Kier alpha value is -1.85. The van der Waals surface area contributed by atoms with Crippen LogP contribution < -0.4 is 10.1 Å². The average molecular weight is 344 g/mol. The molecule has 25 heavy (non-hydrogen) atoms. The van der Waals surface area contributed by atoms with Crippen molar-refractivity contribution in [3.8, 4) is 5.75 Å². The SMILES string of the molecule is C=C(C)COc1ccc(C(=O)N[C@@H]2COC[C@H]2N2CCCCC2)cc1. The summed E-state index contributed by atoms with van der Waals surface area (Å²) < 4.78 is 11.2. The highest BCUT2D eigenvalue weighted by atomic mass is 16.5. The van der Waals surface area contributed by atoms with Crippen LogP contribution in [0.25, 0.3) is 0 Å². The number of piperidine rings is 1. The molecule has 1 N–H and O–H groups in total. The van der Waals surface area contributed by atoms with E-state index in [-0.39, 0.29) is 11.9 Å². The third-order valence-corrected chi connectivity index (χ3v) is 4.83. The minimum absolute atomic E-state index is 0.0519. The third-order valence-electron chi connectivity index (χ3n) is 4.83. The molecule has 0 saturated carbocycles. The average Bonchev–Trinajstić information content (AvgIpc) is 3.09. The Kier molecular flexibility index (Phi) is 6.10. The molecule has 0 aliphatic carbocycles. The maximum Gasteiger partial charge on any atom is 0.251 e. The van der Waals surface area contributed by atoms with E-state index in [1.165, 1.54) is 19.3 Å². The van der Waals surface area contributed by atoms with Gasteiger partial charge in [0.05, 0.1) is 25.3 Å². The summed E-state index contributed by atoms with van der Waals surface area (Å²) in [7, 11) is 0. The zero-order chi connectivity index (χ0) is 17.6. The van der Waals surface area contributed by atoms with Crippen molar-refractivity contribution >= 4 is 5.91 Å². The first-order chi connectivity index (χ1) is 12.1. The van der Waals surface area contributed by atoms with Crippen LogP contribution in [0.2, 0.25) is 0 Å². The molecule has 2 atom stereocenters. The van der Waals surface area contributed by atoms with Gasteiger partial charge in [-0.1, -0.05) is 13.0 Å². The third kappa shape index (κ3) is 4.83. The van der Waals surface area contributed by atoms with E-state index in [2.05, 4.69) is 16.8 Å². The van der Waals surface area contributed by atoms with E-state index in [0.29, 0.717) is 31.4 Å². The Morgan fingerprint density at radius 2 is 1.96 bits per heavy atom. The first-order valence-corrected chi connectivity index (χ1v) is 9.13. The van der Waals surface area contributed by atoms with Gasteiger partial charge >= 0.3 is 0 Å². The van der Waals surface area contributed by atoms with Crippen molar-refractivity contribution in [1.29, 1.82) is 0 Å². The van der Waals surface area contributed by atoms with Crippen molar-refractivity contribution in [2.24, 2.45) is 0 Å². The number of carbonyl (C=O) groups is 1. The lowest BCUT2D eigenvalue weighted by molar-refractivity contribution is 0.0900. The molecule has 136 valence electrons. The number of nitrogens with zero attached hydrogens (tertiary/aromatic N) is 1. The van der Waals surface area contributed by atoms with Crippen LogP contribution in [0.15, 0.2) is 36.4 Å². The van der Waals surface area contributed by atoms with Gasteiger partial charge in [0, 0.05) is 5.56 Å². The quantitative estimate of drug-likeness (QED) is 0.806. The van der Waals surface area contributed by atoms with Crippen LogP contribution in [-0.2, 0) is 4.74 Å². The van der Waals surface area contributed by atoms with Gasteiger partial charge in [-0.05, 0) is 62.7 Å². The zero-order valence-corrected chi connectivity index (χ0v) is 15.0. The van der Waals surface area contributed by atoms with E-state index in [1.807, 2.05) is 19.1 Å². The number of rotatable bonds is 6. The van der Waals surface area contributed by atoms with Crippen molar-refractivity contribution in [1.82, 2.24) is 10.2 Å². The topological polar surface area (TPSA) is 50.8 Å². The van der Waals surface area contributed by atoms with Crippen molar-refractivity contribution < 1.29 is 14.3 Å². The molecule has 1 aromatic rings. The normalized spacial score (nSPS) is 24.0. The van der Waals surface area contributed by atoms with Crippen LogP contribution >= 0.6 is 0 Å². The van der Waals surface area contributed by atoms with E-state index < -0.39 is 0 Å². The van der Waals surface area contributed by atoms with E-state index in [0.717, 1.165) is 24.4 Å². The smallest absolute Gasteiger partial charge is 0.251 e. The van der Waals surface area contributed by atoms with E-state index in [9.17, 15) is 4.79 Å². The Labute approximate surface area is 150 Å². The Bertz CT molecular complexity index is 593. The zero-order valence-electron chi connectivity index (χ0n) is 15.0. The lowest BCUT2D eigenvalue weighted by Crippen LogP contribution is -2.52. The molecule has 2 aliphatic rings. The molecule has 0 bridgehead atoms. The fourth-order valence-corrected chi connectivity index (χ4v) is 3.45. The van der Waals surface area contributed by atoms with E-state index in [1.54, 1.807) is 12.1 Å². The molecule has 5 nitrogen and oxygen atoms in total. The Balaban J connectivity index is 1.56. The molecular formula is C20H28N2O3. The number of hydrogen-bond acceptors (Lipinski definition) is 4.